The molecular formula is C22H30N2O3S. The Kier molecular flexibility index (Phi) is 6.60. The molecule has 0 amide bonds. The fourth-order valence-corrected chi connectivity index (χ4v) is 5.37. The molecule has 1 atom stereocenters. The number of ether oxygens (including phenoxy) is 1. The van der Waals surface area contributed by atoms with Crippen LogP contribution in [0.3, 0.4) is 0 Å². The molecule has 2 aromatic rings. The molecule has 0 aliphatic carbocycles. The second kappa shape index (κ2) is 9.33. The van der Waals surface area contributed by atoms with Crippen molar-refractivity contribution in [3.8, 4) is 5.75 Å². The maximum atomic E-state index is 11.4. The Morgan fingerprint density at radius 3 is 2.71 bits per heavy atom. The van der Waals surface area contributed by atoms with E-state index in [0.717, 1.165) is 17.2 Å². The lowest BCUT2D eigenvalue weighted by Crippen LogP contribution is -2.50. The summed E-state index contributed by atoms with van der Waals surface area (Å²) in [7, 11) is 0. The molecule has 0 radical (unpaired) electrons. The Labute approximate surface area is 170 Å². The van der Waals surface area contributed by atoms with Crippen molar-refractivity contribution in [2.75, 3.05) is 31.2 Å². The first kappa shape index (κ1) is 19.8. The number of fused-ring (bicyclic) bond motifs is 1. The summed E-state index contributed by atoms with van der Waals surface area (Å²) in [6, 6.07) is 10.5. The Bertz CT molecular complexity index is 826. The minimum Gasteiger partial charge on any atom is -0.492 e. The molecule has 2 aliphatic heterocycles. The summed E-state index contributed by atoms with van der Waals surface area (Å²) in [5.74, 6) is 3.39. The summed E-state index contributed by atoms with van der Waals surface area (Å²) in [6.45, 7) is 5.20. The number of piperidine rings is 1. The van der Waals surface area contributed by atoms with Gasteiger partial charge in [-0.25, -0.2) is 4.79 Å². The van der Waals surface area contributed by atoms with Crippen molar-refractivity contribution in [2.45, 2.75) is 50.7 Å². The van der Waals surface area contributed by atoms with E-state index in [1.165, 1.54) is 56.3 Å². The van der Waals surface area contributed by atoms with Crippen LogP contribution in [-0.4, -0.2) is 54.2 Å². The summed E-state index contributed by atoms with van der Waals surface area (Å²) >= 11 is 2.10. The molecule has 0 saturated carbocycles. The highest BCUT2D eigenvalue weighted by Gasteiger charge is 2.26. The Morgan fingerprint density at radius 2 is 1.93 bits per heavy atom. The van der Waals surface area contributed by atoms with Crippen LogP contribution in [0.1, 0.15) is 32.6 Å². The molecule has 2 fully saturated rings. The first-order chi connectivity index (χ1) is 13.7. The number of nitrogens with one attached hydrogen (secondary N) is 1. The molecule has 3 heterocycles. The number of rotatable bonds is 6. The average Bonchev–Trinajstić information content (AvgIpc) is 2.73. The molecule has 152 valence electrons. The lowest BCUT2D eigenvalue weighted by atomic mass is 10.00. The lowest BCUT2D eigenvalue weighted by Gasteiger charge is -2.40. The quantitative estimate of drug-likeness (QED) is 0.747. The maximum absolute atomic E-state index is 11.4. The van der Waals surface area contributed by atoms with Gasteiger partial charge in [0.2, 0.25) is 0 Å². The molecule has 5 nitrogen and oxygen atoms in total. The molecule has 1 aromatic carbocycles. The van der Waals surface area contributed by atoms with E-state index >= 15 is 0 Å². The van der Waals surface area contributed by atoms with Gasteiger partial charge in [-0.05, 0) is 75.4 Å². The SMILES string of the molecule is CC(COc1ccc2ccc(=O)oc2c1)NC1CCN(C2CCSCC2)CC1. The third-order valence-electron chi connectivity index (χ3n) is 5.85. The zero-order valence-corrected chi connectivity index (χ0v) is 17.4. The molecule has 2 saturated heterocycles. The fraction of sp³-hybridized carbons (Fsp3) is 0.591. The van der Waals surface area contributed by atoms with E-state index in [4.69, 9.17) is 9.15 Å². The summed E-state index contributed by atoms with van der Waals surface area (Å²) in [6.07, 6.45) is 5.15. The third-order valence-corrected chi connectivity index (χ3v) is 6.90. The molecule has 1 N–H and O–H groups in total. The minimum atomic E-state index is -0.335. The summed E-state index contributed by atoms with van der Waals surface area (Å²) in [5, 5.41) is 4.63. The van der Waals surface area contributed by atoms with Crippen LogP contribution in [-0.2, 0) is 0 Å². The Balaban J connectivity index is 1.22. The van der Waals surface area contributed by atoms with E-state index in [-0.39, 0.29) is 11.7 Å². The highest BCUT2D eigenvalue weighted by atomic mass is 32.2. The van der Waals surface area contributed by atoms with Crippen LogP contribution in [0.15, 0.2) is 39.5 Å². The van der Waals surface area contributed by atoms with E-state index < -0.39 is 0 Å². The number of hydrogen-bond donors (Lipinski definition) is 1. The minimum absolute atomic E-state index is 0.279. The van der Waals surface area contributed by atoms with Gasteiger partial charge >= 0.3 is 5.63 Å². The van der Waals surface area contributed by atoms with Gasteiger partial charge in [-0.3, -0.25) is 0 Å². The van der Waals surface area contributed by atoms with Crippen molar-refractivity contribution in [3.63, 3.8) is 0 Å². The Hall–Kier alpha value is -1.50. The monoisotopic (exact) mass is 402 g/mol. The molecule has 1 unspecified atom stereocenters. The van der Waals surface area contributed by atoms with Gasteiger partial charge in [0, 0.05) is 35.6 Å². The first-order valence-electron chi connectivity index (χ1n) is 10.4. The van der Waals surface area contributed by atoms with Crippen LogP contribution < -0.4 is 15.7 Å². The largest absolute Gasteiger partial charge is 0.492 e. The van der Waals surface area contributed by atoms with E-state index in [2.05, 4.69) is 28.9 Å². The summed E-state index contributed by atoms with van der Waals surface area (Å²) in [4.78, 5) is 14.1. The van der Waals surface area contributed by atoms with Crippen molar-refractivity contribution in [3.05, 3.63) is 40.8 Å². The standard InChI is InChI=1S/C22H30N2O3S/c1-16(15-26-20-4-2-17-3-5-22(25)27-21(17)14-20)23-18-6-10-24(11-7-18)19-8-12-28-13-9-19/h2-5,14,16,18-19,23H,6-13,15H2,1H3. The van der Waals surface area contributed by atoms with Crippen LogP contribution in [0.2, 0.25) is 0 Å². The van der Waals surface area contributed by atoms with Gasteiger partial charge in [0.1, 0.15) is 17.9 Å². The van der Waals surface area contributed by atoms with Crippen LogP contribution >= 0.6 is 11.8 Å². The van der Waals surface area contributed by atoms with Gasteiger partial charge < -0.3 is 19.4 Å². The van der Waals surface area contributed by atoms with Gasteiger partial charge in [0.05, 0.1) is 0 Å². The molecule has 28 heavy (non-hydrogen) atoms. The molecule has 0 spiro atoms. The van der Waals surface area contributed by atoms with Crippen LogP contribution in [0, 0.1) is 0 Å². The first-order valence-corrected chi connectivity index (χ1v) is 11.6. The average molecular weight is 403 g/mol. The van der Waals surface area contributed by atoms with E-state index in [1.807, 2.05) is 12.1 Å². The number of nitrogens with zero attached hydrogens (tertiary/aromatic N) is 1. The molecule has 0 bridgehead atoms. The van der Waals surface area contributed by atoms with Gasteiger partial charge in [-0.2, -0.15) is 11.8 Å². The number of hydrogen-bond acceptors (Lipinski definition) is 6. The summed E-state index contributed by atoms with van der Waals surface area (Å²) < 4.78 is 11.2. The summed E-state index contributed by atoms with van der Waals surface area (Å²) in [5.41, 5.74) is 0.233. The van der Waals surface area contributed by atoms with Crippen LogP contribution in [0.4, 0.5) is 0 Å². The van der Waals surface area contributed by atoms with Crippen molar-refractivity contribution in [2.24, 2.45) is 0 Å². The van der Waals surface area contributed by atoms with Crippen molar-refractivity contribution < 1.29 is 9.15 Å². The number of benzene rings is 1. The lowest BCUT2D eigenvalue weighted by molar-refractivity contribution is 0.129. The van der Waals surface area contributed by atoms with E-state index in [1.54, 1.807) is 12.1 Å². The second-order valence-corrected chi connectivity index (χ2v) is 9.21. The zero-order chi connectivity index (χ0) is 19.3. The second-order valence-electron chi connectivity index (χ2n) is 7.99. The predicted octanol–water partition coefficient (Wildman–Crippen LogP) is 3.51. The topological polar surface area (TPSA) is 54.7 Å². The van der Waals surface area contributed by atoms with Gasteiger partial charge in [-0.15, -0.1) is 0 Å². The van der Waals surface area contributed by atoms with Gasteiger partial charge in [-0.1, -0.05) is 0 Å². The normalized spacial score (nSPS) is 21.0. The van der Waals surface area contributed by atoms with E-state index in [0.29, 0.717) is 18.2 Å². The fourth-order valence-electron chi connectivity index (χ4n) is 4.28. The smallest absolute Gasteiger partial charge is 0.336 e. The van der Waals surface area contributed by atoms with Crippen LogP contribution in [0.5, 0.6) is 5.75 Å². The maximum Gasteiger partial charge on any atom is 0.336 e. The van der Waals surface area contributed by atoms with E-state index in [9.17, 15) is 4.79 Å². The molecular weight excluding hydrogens is 372 g/mol. The number of likely N-dealkylation sites (tertiary alicyclic amines) is 1. The molecule has 4 rings (SSSR count). The van der Waals surface area contributed by atoms with Gasteiger partial charge in [0.25, 0.3) is 0 Å². The van der Waals surface area contributed by atoms with Gasteiger partial charge in [0.15, 0.2) is 0 Å². The van der Waals surface area contributed by atoms with Crippen molar-refractivity contribution in [1.29, 1.82) is 0 Å². The van der Waals surface area contributed by atoms with Crippen molar-refractivity contribution >= 4 is 22.7 Å². The number of thioether (sulfide) groups is 1. The van der Waals surface area contributed by atoms with Crippen LogP contribution in [0.25, 0.3) is 11.0 Å². The zero-order valence-electron chi connectivity index (χ0n) is 16.6. The van der Waals surface area contributed by atoms with Crippen molar-refractivity contribution in [1.82, 2.24) is 10.2 Å². The highest BCUT2D eigenvalue weighted by molar-refractivity contribution is 7.99. The molecule has 1 aromatic heterocycles. The molecule has 2 aliphatic rings. The molecule has 6 heteroatoms. The Morgan fingerprint density at radius 1 is 1.18 bits per heavy atom. The predicted molar refractivity (Wildman–Crippen MR) is 116 cm³/mol. The third kappa shape index (κ3) is 5.10. The highest BCUT2D eigenvalue weighted by Crippen LogP contribution is 2.25.